The van der Waals surface area contributed by atoms with Crippen LogP contribution in [-0.2, 0) is 70.1 Å². The normalized spacial score (nSPS) is 27.2. The first-order valence-electron chi connectivity index (χ1n) is 41.7. The number of aromatic hydroxyl groups is 1. The number of phenolic OH excluding ortho intramolecular Hbond substituents is 1. The van der Waals surface area contributed by atoms with Crippen molar-refractivity contribution in [3.63, 3.8) is 0 Å². The quantitative estimate of drug-likeness (QED) is 0.0469. The molecule has 14 aliphatic rings. The summed E-state index contributed by atoms with van der Waals surface area (Å²) >= 11 is 3.04. The third-order valence-electron chi connectivity index (χ3n) is 26.1. The van der Waals surface area contributed by atoms with E-state index in [1.165, 1.54) is 51.6 Å². The zero-order valence-corrected chi connectivity index (χ0v) is 74.2. The molecule has 14 atom stereocenters. The van der Waals surface area contributed by atoms with Gasteiger partial charge in [-0.25, -0.2) is 14.4 Å². The lowest BCUT2D eigenvalue weighted by atomic mass is 9.71. The van der Waals surface area contributed by atoms with Gasteiger partial charge in [0.25, 0.3) is 0 Å². The Hall–Kier alpha value is -10.3. The zero-order valence-electron chi connectivity index (χ0n) is 72.6. The average molecular weight is 1730 g/mol. The molecule has 3 N–H and O–H groups in total. The van der Waals surface area contributed by atoms with Crippen LogP contribution >= 0.6 is 23.5 Å². The Morgan fingerprint density at radius 3 is 1.36 bits per heavy atom. The monoisotopic (exact) mass is 1720 g/mol. The molecule has 123 heavy (non-hydrogen) atoms. The number of phenols is 1. The number of methoxy groups -OCH3 is 4. The van der Waals surface area contributed by atoms with E-state index in [0.29, 0.717) is 135 Å². The van der Waals surface area contributed by atoms with Crippen LogP contribution in [0.5, 0.6) is 80.5 Å². The third-order valence-corrected chi connectivity index (χ3v) is 29.1. The van der Waals surface area contributed by atoms with Crippen LogP contribution in [0.4, 0.5) is 4.79 Å². The predicted molar refractivity (Wildman–Crippen MR) is 449 cm³/mol. The Morgan fingerprint density at radius 1 is 0.537 bits per heavy atom. The van der Waals surface area contributed by atoms with Crippen LogP contribution in [0.25, 0.3) is 0 Å². The predicted octanol–water partition coefficient (Wildman–Crippen LogP) is 11.7. The van der Waals surface area contributed by atoms with E-state index >= 15 is 4.79 Å². The van der Waals surface area contributed by atoms with Gasteiger partial charge in [0.15, 0.2) is 80.1 Å². The second-order valence-corrected chi connectivity index (χ2v) is 37.3. The molecule has 4 saturated heterocycles. The molecule has 0 aromatic heterocycles. The minimum Gasteiger partial charge on any atom is -0.504 e. The molecule has 14 heterocycles. The summed E-state index contributed by atoms with van der Waals surface area (Å²) in [6.07, 6.45) is 0.951. The number of thioether (sulfide) groups is 2. The van der Waals surface area contributed by atoms with E-state index in [9.17, 15) is 34.8 Å². The molecule has 2 unspecified atom stereocenters. The van der Waals surface area contributed by atoms with Crippen molar-refractivity contribution in [2.24, 2.45) is 0 Å². The highest BCUT2D eigenvalue weighted by atomic mass is 32.2. The number of rotatable bonds is 11. The van der Waals surface area contributed by atoms with Crippen LogP contribution in [0.3, 0.4) is 0 Å². The molecule has 0 aliphatic carbocycles. The highest BCUT2D eigenvalue weighted by Gasteiger charge is 2.65. The van der Waals surface area contributed by atoms with Crippen molar-refractivity contribution in [3.8, 4) is 92.6 Å². The molecule has 652 valence electrons. The molecule has 6 aromatic rings. The highest BCUT2D eigenvalue weighted by Crippen LogP contribution is 2.68. The van der Waals surface area contributed by atoms with Crippen molar-refractivity contribution in [1.82, 2.24) is 30.2 Å². The minimum absolute atomic E-state index is 0.0104. The van der Waals surface area contributed by atoms with Crippen LogP contribution < -0.4 is 72.2 Å². The Morgan fingerprint density at radius 2 is 0.959 bits per heavy atom. The molecule has 0 amide bonds. The number of esters is 4. The minimum atomic E-state index is -1.43. The molecular weight excluding hydrogens is 1620 g/mol. The standard InChI is InChI=1S/C48H56N4O12S.C43H48N4O10S/c1-22(2)61-43-34-27(14-23(3)39(43)57-11)15-29-30(18-49)52-31-19-58-45(54)48(28-17-32(56-10)33(16-26(28)12-13-50-48)63-46(55)64-47(6,7)8)20-65-44(38(52)37(34)51(29)9)36-35(31)42-41(59-21-60-42)24(4)40(36)62-25(5)53;1-19(2)56-40-31-24(11-20(3)36(40)52-8)12-26-27(15-44)47-28-16-53-42(50)43(25-14-30(51-7)29(49)13-23(25)9-10-45-43)17-58-41(35(47)34(31)46(26)6)33-32(28)39-38(54-18-55-39)21(4)37(33)57-22(5)48/h14,16-17,22,29-31,37-38,44,50H,12-13,15,19-21H2,1-11H3;11,13-14,19,26-28,34-35,41,45,49H,9-10,12,16-18H2,1-8H3/t29-,30-,31-,37+,38?,44+,48+;26-,27-,28-,34+,35?,41+,43+/m00/s1. The van der Waals surface area contributed by atoms with Crippen LogP contribution in [-0.4, -0.2) is 203 Å². The van der Waals surface area contributed by atoms with E-state index in [4.69, 9.17) is 75.8 Å². The van der Waals surface area contributed by atoms with E-state index in [0.717, 1.165) is 50.1 Å². The molecule has 0 saturated carbocycles. The molecule has 32 heteroatoms. The van der Waals surface area contributed by atoms with Crippen molar-refractivity contribution in [2.45, 2.75) is 215 Å². The number of fused-ring (bicyclic) bond motifs is 18. The number of hydrogen-bond acceptors (Lipinski definition) is 32. The van der Waals surface area contributed by atoms with Crippen LogP contribution in [0.1, 0.15) is 186 Å². The SMILES string of the molecule is COc1cc2c(cc1O)CCN[C@]21CS[C@@H]2c3c(OC(C)=O)c(C)c4c(c3[C@H](COC1=O)N1C2[C@H]2c3c(cc(C)c(OC)c3OC(C)C)C[C@@H]([C@@H]1C#N)N2C)OCO4.COc1cc2c(cc1OC(=O)OC(C)(C)C)CCN[C@]21CS[C@@H]2c3c(OC(C)=O)c(C)c4c(c3[C@H](COC1=O)N1C2[C@H]2c3c(cc(C)c(OC)c3OC(C)C)C[C@@H]([C@@H]1C#N)N2C)OCO4. The lowest BCUT2D eigenvalue weighted by molar-refractivity contribution is -0.158. The van der Waals surface area contributed by atoms with Crippen LogP contribution in [0.15, 0.2) is 36.4 Å². The van der Waals surface area contributed by atoms with Gasteiger partial charge in [-0.3, -0.25) is 39.8 Å². The zero-order chi connectivity index (χ0) is 87.4. The number of nitrogens with zero attached hydrogens (tertiary/aromatic N) is 6. The molecule has 6 aromatic carbocycles. The summed E-state index contributed by atoms with van der Waals surface area (Å²) in [5.41, 5.74) is 9.21. The molecule has 14 aliphatic heterocycles. The highest BCUT2D eigenvalue weighted by molar-refractivity contribution is 7.99. The maximum absolute atomic E-state index is 15.2. The lowest BCUT2D eigenvalue weighted by Gasteiger charge is -2.62. The number of benzene rings is 6. The fraction of sp³-hybridized carbons (Fsp3) is 0.527. The van der Waals surface area contributed by atoms with Crippen molar-refractivity contribution in [2.75, 3.05) is 93.9 Å². The van der Waals surface area contributed by atoms with E-state index in [2.05, 4.69) is 68.6 Å². The number of likely N-dealkylation sites (N-methyl/N-ethyl adjacent to an activating group) is 2. The summed E-state index contributed by atoms with van der Waals surface area (Å²) in [5.74, 6) is 4.05. The largest absolute Gasteiger partial charge is 0.514 e. The van der Waals surface area contributed by atoms with Gasteiger partial charge in [-0.1, -0.05) is 12.1 Å². The van der Waals surface area contributed by atoms with Gasteiger partial charge >= 0.3 is 30.0 Å². The Kier molecular flexibility index (Phi) is 22.1. The summed E-state index contributed by atoms with van der Waals surface area (Å²) in [5, 5.41) is 39.5. The van der Waals surface area contributed by atoms with E-state index in [1.54, 1.807) is 59.3 Å². The molecule has 2 spiro atoms. The van der Waals surface area contributed by atoms with Crippen LogP contribution in [0.2, 0.25) is 0 Å². The van der Waals surface area contributed by atoms with E-state index in [1.807, 2.05) is 55.4 Å². The topological polar surface area (TPSA) is 338 Å². The van der Waals surface area contributed by atoms with Gasteiger partial charge in [0, 0.05) is 107 Å². The first kappa shape index (κ1) is 84.9. The van der Waals surface area contributed by atoms with Gasteiger partial charge in [0.2, 0.25) is 13.6 Å². The van der Waals surface area contributed by atoms with Crippen molar-refractivity contribution in [1.29, 1.82) is 10.5 Å². The molecule has 30 nitrogen and oxygen atoms in total. The number of nitriles is 2. The molecule has 0 radical (unpaired) electrons. The van der Waals surface area contributed by atoms with Gasteiger partial charge < -0.3 is 80.9 Å². The van der Waals surface area contributed by atoms with Gasteiger partial charge in [-0.05, 0) is 185 Å². The molecule has 8 bridgehead atoms. The fourth-order valence-electron chi connectivity index (χ4n) is 21.5. The van der Waals surface area contributed by atoms with E-state index < -0.39 is 99.5 Å². The van der Waals surface area contributed by atoms with Crippen molar-refractivity contribution in [3.05, 3.63) is 125 Å². The van der Waals surface area contributed by atoms with Gasteiger partial charge in [0.05, 0.1) is 87.5 Å². The van der Waals surface area contributed by atoms with Gasteiger partial charge in [-0.2, -0.15) is 10.5 Å². The molecule has 4 fully saturated rings. The first-order valence-corrected chi connectivity index (χ1v) is 43.8. The summed E-state index contributed by atoms with van der Waals surface area (Å²) in [4.78, 5) is 78.2. The Labute approximate surface area is 722 Å². The van der Waals surface area contributed by atoms with Crippen LogP contribution in [0, 0.1) is 50.4 Å². The lowest BCUT2D eigenvalue weighted by Crippen LogP contribution is -2.69. The third kappa shape index (κ3) is 13.6. The molecular formula is C91H104N8O22S2. The first-order chi connectivity index (χ1) is 58.8. The van der Waals surface area contributed by atoms with E-state index in [-0.39, 0.29) is 91.6 Å². The van der Waals surface area contributed by atoms with Crippen molar-refractivity contribution < 1.29 is 105 Å². The smallest absolute Gasteiger partial charge is 0.504 e. The van der Waals surface area contributed by atoms with Gasteiger partial charge in [-0.15, -0.1) is 23.5 Å². The number of piperazine rings is 2. The summed E-state index contributed by atoms with van der Waals surface area (Å²) in [7, 11) is 10.4. The maximum Gasteiger partial charge on any atom is 0.514 e. The summed E-state index contributed by atoms with van der Waals surface area (Å²) in [6, 6.07) is 11.5. The summed E-state index contributed by atoms with van der Waals surface area (Å²) < 4.78 is 98.5. The summed E-state index contributed by atoms with van der Waals surface area (Å²) in [6.45, 7) is 24.1. The fourth-order valence-corrected chi connectivity index (χ4v) is 24.8. The Bertz CT molecular complexity index is 5490. The maximum atomic E-state index is 15.2. The number of carbonyl (C=O) groups is 5. The van der Waals surface area contributed by atoms with Gasteiger partial charge in [0.1, 0.15) is 42.4 Å². The molecule has 20 rings (SSSR count). The number of nitrogens with one attached hydrogen (secondary N) is 2. The average Bonchev–Trinajstić information content (AvgIpc) is 1.52. The number of carbonyl (C=O) groups excluding carboxylic acids is 5. The number of aryl methyl sites for hydroxylation is 2. The second-order valence-electron chi connectivity index (χ2n) is 35.0. The van der Waals surface area contributed by atoms with Crippen molar-refractivity contribution >= 4 is 53.6 Å². The number of ether oxygens (including phenoxy) is 16. The Balaban J connectivity index is 0.000000176. The number of hydrogen-bond donors (Lipinski definition) is 3. The second kappa shape index (κ2) is 32.0.